The van der Waals surface area contributed by atoms with E-state index in [1.165, 1.54) is 0 Å². The van der Waals surface area contributed by atoms with Crippen molar-refractivity contribution in [2.75, 3.05) is 0 Å². The van der Waals surface area contributed by atoms with Crippen molar-refractivity contribution in [1.29, 1.82) is 0 Å². The lowest BCUT2D eigenvalue weighted by Crippen LogP contribution is -2.18. The highest BCUT2D eigenvalue weighted by atomic mass is 19.4. The Morgan fingerprint density at radius 3 is 2.40 bits per heavy atom. The summed E-state index contributed by atoms with van der Waals surface area (Å²) in [6, 6.07) is 1.89. The number of carbonyl (C=O) groups is 1. The number of alkyl halides is 3. The number of benzene rings is 1. The molecule has 0 radical (unpaired) electrons. The summed E-state index contributed by atoms with van der Waals surface area (Å²) in [7, 11) is 0. The van der Waals surface area contributed by atoms with Crippen LogP contribution in [-0.2, 0) is 0 Å². The molecule has 3 nitrogen and oxygen atoms in total. The second kappa shape index (κ2) is 3.76. The van der Waals surface area contributed by atoms with Crippen LogP contribution in [0, 0.1) is 5.82 Å². The molecule has 0 saturated heterocycles. The van der Waals surface area contributed by atoms with Crippen molar-refractivity contribution >= 4 is 5.97 Å². The van der Waals surface area contributed by atoms with Crippen LogP contribution in [0.25, 0.3) is 0 Å². The molecule has 7 heteroatoms. The maximum Gasteiger partial charge on any atom is 0.573 e. The smallest absolute Gasteiger partial charge is 0.478 e. The van der Waals surface area contributed by atoms with Crippen LogP contribution < -0.4 is 4.74 Å². The molecule has 0 spiro atoms. The van der Waals surface area contributed by atoms with E-state index in [9.17, 15) is 22.4 Å². The minimum Gasteiger partial charge on any atom is -0.478 e. The Bertz CT molecular complexity index is 386. The third-order valence-corrected chi connectivity index (χ3v) is 1.40. The monoisotopic (exact) mass is 224 g/mol. The first-order chi connectivity index (χ1) is 6.79. The zero-order chi connectivity index (χ0) is 11.6. The van der Waals surface area contributed by atoms with E-state index in [0.29, 0.717) is 12.1 Å². The number of rotatable bonds is 2. The van der Waals surface area contributed by atoms with Gasteiger partial charge in [-0.05, 0) is 18.2 Å². The Balaban J connectivity index is 3.06. The summed E-state index contributed by atoms with van der Waals surface area (Å²) in [4.78, 5) is 10.4. The van der Waals surface area contributed by atoms with Gasteiger partial charge < -0.3 is 9.84 Å². The van der Waals surface area contributed by atoms with E-state index in [0.717, 1.165) is 6.07 Å². The van der Waals surface area contributed by atoms with Gasteiger partial charge in [0.05, 0.1) is 5.56 Å². The number of carboxylic acids is 1. The molecule has 0 aliphatic rings. The number of hydrogen-bond donors (Lipinski definition) is 1. The quantitative estimate of drug-likeness (QED) is 0.784. The van der Waals surface area contributed by atoms with E-state index in [1.54, 1.807) is 0 Å². The molecule has 0 atom stereocenters. The zero-order valence-corrected chi connectivity index (χ0v) is 7.01. The molecule has 0 heterocycles. The topological polar surface area (TPSA) is 46.5 Å². The molecule has 15 heavy (non-hydrogen) atoms. The van der Waals surface area contributed by atoms with Gasteiger partial charge in [-0.15, -0.1) is 13.2 Å². The van der Waals surface area contributed by atoms with E-state index in [-0.39, 0.29) is 0 Å². The van der Waals surface area contributed by atoms with Crippen LogP contribution in [0.5, 0.6) is 5.75 Å². The highest BCUT2D eigenvalue weighted by molar-refractivity contribution is 5.88. The van der Waals surface area contributed by atoms with E-state index in [1.807, 2.05) is 0 Å². The molecule has 0 unspecified atom stereocenters. The fraction of sp³-hybridized carbons (Fsp3) is 0.125. The van der Waals surface area contributed by atoms with Gasteiger partial charge in [0.15, 0.2) is 11.6 Å². The summed E-state index contributed by atoms with van der Waals surface area (Å²) in [6.45, 7) is 0. The van der Waals surface area contributed by atoms with Crippen LogP contribution in [0.4, 0.5) is 17.6 Å². The number of aromatic carboxylic acids is 1. The Labute approximate surface area is 80.9 Å². The Morgan fingerprint density at radius 1 is 1.33 bits per heavy atom. The molecule has 0 aliphatic carbocycles. The molecule has 0 aromatic heterocycles. The number of halogens is 4. The van der Waals surface area contributed by atoms with E-state index < -0.39 is 29.5 Å². The van der Waals surface area contributed by atoms with E-state index in [2.05, 4.69) is 4.74 Å². The zero-order valence-electron chi connectivity index (χ0n) is 7.01. The fourth-order valence-corrected chi connectivity index (χ4v) is 0.839. The maximum absolute atomic E-state index is 12.7. The molecule has 1 N–H and O–H groups in total. The van der Waals surface area contributed by atoms with Gasteiger partial charge in [0.2, 0.25) is 0 Å². The van der Waals surface area contributed by atoms with Crippen molar-refractivity contribution in [3.63, 3.8) is 0 Å². The van der Waals surface area contributed by atoms with Gasteiger partial charge in [0.1, 0.15) is 0 Å². The van der Waals surface area contributed by atoms with Crippen molar-refractivity contribution in [2.45, 2.75) is 6.36 Å². The van der Waals surface area contributed by atoms with Crippen LogP contribution in [0.2, 0.25) is 0 Å². The first kappa shape index (κ1) is 11.3. The van der Waals surface area contributed by atoms with Crippen molar-refractivity contribution < 1.29 is 32.2 Å². The lowest BCUT2D eigenvalue weighted by molar-refractivity contribution is -0.275. The molecular formula is C8H4F4O3. The molecule has 0 fully saturated rings. The van der Waals surface area contributed by atoms with E-state index in [4.69, 9.17) is 5.11 Å². The third-order valence-electron chi connectivity index (χ3n) is 1.40. The van der Waals surface area contributed by atoms with Crippen molar-refractivity contribution in [3.8, 4) is 5.75 Å². The van der Waals surface area contributed by atoms with Gasteiger partial charge in [0, 0.05) is 0 Å². The first-order valence-corrected chi connectivity index (χ1v) is 3.58. The third kappa shape index (κ3) is 3.12. The molecule has 0 bridgehead atoms. The largest absolute Gasteiger partial charge is 0.573 e. The molecule has 0 aliphatic heterocycles. The summed E-state index contributed by atoms with van der Waals surface area (Å²) >= 11 is 0. The summed E-state index contributed by atoms with van der Waals surface area (Å²) in [6.07, 6.45) is -5.06. The summed E-state index contributed by atoms with van der Waals surface area (Å²) in [5.74, 6) is -3.92. The van der Waals surface area contributed by atoms with E-state index >= 15 is 0 Å². The van der Waals surface area contributed by atoms with Crippen LogP contribution in [0.15, 0.2) is 18.2 Å². The molecule has 1 aromatic carbocycles. The summed E-state index contributed by atoms with van der Waals surface area (Å²) in [5, 5.41) is 8.44. The molecule has 0 saturated carbocycles. The minimum atomic E-state index is -5.06. The molecular weight excluding hydrogens is 220 g/mol. The number of carboxylic acid groups (broad SMARTS) is 1. The van der Waals surface area contributed by atoms with Gasteiger partial charge in [0.25, 0.3) is 0 Å². The molecule has 0 amide bonds. The van der Waals surface area contributed by atoms with Gasteiger partial charge in [-0.25, -0.2) is 9.18 Å². The van der Waals surface area contributed by atoms with Crippen LogP contribution >= 0.6 is 0 Å². The number of hydrogen-bond acceptors (Lipinski definition) is 2. The Hall–Kier alpha value is -1.79. The average Bonchev–Trinajstić information content (AvgIpc) is 2.06. The van der Waals surface area contributed by atoms with Gasteiger partial charge in [-0.2, -0.15) is 0 Å². The lowest BCUT2D eigenvalue weighted by atomic mass is 10.2. The summed E-state index contributed by atoms with van der Waals surface area (Å²) in [5.41, 5.74) is -0.490. The maximum atomic E-state index is 12.7. The highest BCUT2D eigenvalue weighted by Gasteiger charge is 2.32. The minimum absolute atomic E-state index is 0.463. The fourth-order valence-electron chi connectivity index (χ4n) is 0.839. The lowest BCUT2D eigenvalue weighted by Gasteiger charge is -2.09. The summed E-state index contributed by atoms with van der Waals surface area (Å²) < 4.78 is 51.2. The predicted octanol–water partition coefficient (Wildman–Crippen LogP) is 2.42. The van der Waals surface area contributed by atoms with Crippen LogP contribution in [0.1, 0.15) is 10.4 Å². The molecule has 1 aromatic rings. The normalized spacial score (nSPS) is 11.2. The van der Waals surface area contributed by atoms with Gasteiger partial charge in [-0.1, -0.05) is 0 Å². The second-order valence-electron chi connectivity index (χ2n) is 2.50. The predicted molar refractivity (Wildman–Crippen MR) is 40.0 cm³/mol. The first-order valence-electron chi connectivity index (χ1n) is 3.58. The SMILES string of the molecule is O=C(O)c1ccc(F)c(OC(F)(F)F)c1. The standard InChI is InChI=1S/C8H4F4O3/c9-5-2-1-4(7(13)14)3-6(5)15-8(10,11)12/h1-3H,(H,13,14). The van der Waals surface area contributed by atoms with Crippen molar-refractivity contribution in [1.82, 2.24) is 0 Å². The van der Waals surface area contributed by atoms with Crippen LogP contribution in [-0.4, -0.2) is 17.4 Å². The van der Waals surface area contributed by atoms with Crippen molar-refractivity contribution in [2.24, 2.45) is 0 Å². The average molecular weight is 224 g/mol. The van der Waals surface area contributed by atoms with Crippen LogP contribution in [0.3, 0.4) is 0 Å². The van der Waals surface area contributed by atoms with Gasteiger partial charge in [-0.3, -0.25) is 0 Å². The number of ether oxygens (including phenoxy) is 1. The molecule has 82 valence electrons. The molecule has 1 rings (SSSR count). The second-order valence-corrected chi connectivity index (χ2v) is 2.50. The van der Waals surface area contributed by atoms with Gasteiger partial charge >= 0.3 is 12.3 Å². The highest BCUT2D eigenvalue weighted by Crippen LogP contribution is 2.26. The Morgan fingerprint density at radius 2 is 1.93 bits per heavy atom. The van der Waals surface area contributed by atoms with Crippen molar-refractivity contribution in [3.05, 3.63) is 29.6 Å². The Kier molecular flexibility index (Phi) is 2.83.